The Kier molecular flexibility index (Phi) is 5.44. The third-order valence-corrected chi connectivity index (χ3v) is 4.86. The van der Waals surface area contributed by atoms with Crippen molar-refractivity contribution in [2.45, 2.75) is 33.1 Å². The van der Waals surface area contributed by atoms with Crippen LogP contribution in [0.4, 0.5) is 11.4 Å². The average Bonchev–Trinajstić information content (AvgIpc) is 3.02. The number of amides is 1. The first-order valence-corrected chi connectivity index (χ1v) is 9.29. The van der Waals surface area contributed by atoms with E-state index in [4.69, 9.17) is 16.1 Å². The molecular weight excluding hydrogens is 394 g/mol. The number of hydrogen-bond donors (Lipinski definition) is 1. The summed E-state index contributed by atoms with van der Waals surface area (Å²) in [5, 5.41) is 18.6. The molecule has 8 heteroatoms. The fourth-order valence-electron chi connectivity index (χ4n) is 2.92. The molecule has 0 spiro atoms. The Labute approximate surface area is 172 Å². The van der Waals surface area contributed by atoms with Gasteiger partial charge in [0.1, 0.15) is 22.7 Å². The summed E-state index contributed by atoms with van der Waals surface area (Å²) in [4.78, 5) is 24.0. The van der Waals surface area contributed by atoms with Crippen molar-refractivity contribution >= 4 is 28.9 Å². The number of benzene rings is 2. The Morgan fingerprint density at radius 3 is 2.52 bits per heavy atom. The summed E-state index contributed by atoms with van der Waals surface area (Å²) in [5.41, 5.74) is 1.42. The van der Waals surface area contributed by atoms with E-state index in [-0.39, 0.29) is 33.8 Å². The second-order valence-electron chi connectivity index (χ2n) is 7.64. The summed E-state index contributed by atoms with van der Waals surface area (Å²) in [6.07, 6.45) is 0. The number of aromatic nitrogens is 1. The molecule has 1 aromatic heterocycles. The maximum atomic E-state index is 13.0. The van der Waals surface area contributed by atoms with Gasteiger partial charge in [0.15, 0.2) is 0 Å². The van der Waals surface area contributed by atoms with Gasteiger partial charge in [-0.05, 0) is 30.0 Å². The zero-order valence-corrected chi connectivity index (χ0v) is 17.2. The Morgan fingerprint density at radius 2 is 1.90 bits per heavy atom. The minimum atomic E-state index is -0.565. The Bertz CT molecular complexity index is 1100. The van der Waals surface area contributed by atoms with Gasteiger partial charge in [-0.25, -0.2) is 0 Å². The monoisotopic (exact) mass is 413 g/mol. The third-order valence-electron chi connectivity index (χ3n) is 4.53. The highest BCUT2D eigenvalue weighted by Gasteiger charge is 2.26. The highest BCUT2D eigenvalue weighted by Crippen LogP contribution is 2.34. The lowest BCUT2D eigenvalue weighted by Gasteiger charge is -2.19. The number of rotatable bonds is 4. The summed E-state index contributed by atoms with van der Waals surface area (Å²) in [7, 11) is 0. The first-order chi connectivity index (χ1) is 13.6. The van der Waals surface area contributed by atoms with Crippen LogP contribution in [0.5, 0.6) is 0 Å². The fraction of sp³-hybridized carbons (Fsp3) is 0.238. The van der Waals surface area contributed by atoms with Gasteiger partial charge in [0.25, 0.3) is 11.6 Å². The molecule has 29 heavy (non-hydrogen) atoms. The van der Waals surface area contributed by atoms with Crippen LogP contribution in [0.15, 0.2) is 47.0 Å². The fourth-order valence-corrected chi connectivity index (χ4v) is 3.14. The molecule has 0 atom stereocenters. The van der Waals surface area contributed by atoms with Gasteiger partial charge >= 0.3 is 0 Å². The maximum absolute atomic E-state index is 13.0. The summed E-state index contributed by atoms with van der Waals surface area (Å²) >= 11 is 6.23. The van der Waals surface area contributed by atoms with E-state index in [1.54, 1.807) is 37.3 Å². The van der Waals surface area contributed by atoms with Crippen LogP contribution in [-0.4, -0.2) is 16.0 Å². The Morgan fingerprint density at radius 1 is 1.21 bits per heavy atom. The summed E-state index contributed by atoms with van der Waals surface area (Å²) in [6, 6.07) is 11.7. The van der Waals surface area contributed by atoms with Crippen LogP contribution in [-0.2, 0) is 5.41 Å². The number of halogens is 1. The predicted molar refractivity (Wildman–Crippen MR) is 111 cm³/mol. The first-order valence-electron chi connectivity index (χ1n) is 8.91. The average molecular weight is 414 g/mol. The smallest absolute Gasteiger partial charge is 0.293 e. The minimum absolute atomic E-state index is 0.0960. The van der Waals surface area contributed by atoms with Crippen LogP contribution in [0.2, 0.25) is 5.02 Å². The van der Waals surface area contributed by atoms with Gasteiger partial charge in [0, 0.05) is 11.6 Å². The molecular formula is C21H20ClN3O4. The van der Waals surface area contributed by atoms with Crippen LogP contribution in [0, 0.1) is 17.0 Å². The van der Waals surface area contributed by atoms with E-state index in [2.05, 4.69) is 10.5 Å². The van der Waals surface area contributed by atoms with Crippen molar-refractivity contribution in [2.75, 3.05) is 5.32 Å². The van der Waals surface area contributed by atoms with E-state index < -0.39 is 10.8 Å². The molecule has 0 radical (unpaired) electrons. The molecule has 3 aromatic rings. The van der Waals surface area contributed by atoms with Crippen molar-refractivity contribution in [1.29, 1.82) is 0 Å². The molecule has 0 saturated heterocycles. The molecule has 1 heterocycles. The van der Waals surface area contributed by atoms with E-state index in [0.717, 1.165) is 5.56 Å². The van der Waals surface area contributed by atoms with Crippen molar-refractivity contribution in [3.63, 3.8) is 0 Å². The van der Waals surface area contributed by atoms with E-state index in [1.165, 1.54) is 12.1 Å². The van der Waals surface area contributed by atoms with E-state index in [1.807, 2.05) is 20.8 Å². The molecule has 0 fully saturated rings. The van der Waals surface area contributed by atoms with Crippen LogP contribution < -0.4 is 5.32 Å². The number of nitro groups is 1. The molecule has 150 valence electrons. The van der Waals surface area contributed by atoms with Gasteiger partial charge in [-0.15, -0.1) is 0 Å². The van der Waals surface area contributed by atoms with Gasteiger partial charge in [-0.2, -0.15) is 0 Å². The van der Waals surface area contributed by atoms with Gasteiger partial charge in [0.2, 0.25) is 0 Å². The van der Waals surface area contributed by atoms with Gasteiger partial charge in [-0.1, -0.05) is 61.8 Å². The van der Waals surface area contributed by atoms with Crippen LogP contribution in [0.1, 0.15) is 42.5 Å². The van der Waals surface area contributed by atoms with Gasteiger partial charge in [0.05, 0.1) is 9.95 Å². The molecule has 1 N–H and O–H groups in total. The number of hydrogen-bond acceptors (Lipinski definition) is 5. The number of aryl methyl sites for hydroxylation is 1. The van der Waals surface area contributed by atoms with E-state index in [0.29, 0.717) is 10.6 Å². The number of nitrogens with zero attached hydrogens (tertiary/aromatic N) is 2. The molecule has 0 aliphatic heterocycles. The number of carbonyl (C=O) groups excluding carboxylic acids is 1. The van der Waals surface area contributed by atoms with Crippen molar-refractivity contribution in [3.8, 4) is 11.3 Å². The molecule has 0 aliphatic carbocycles. The van der Waals surface area contributed by atoms with Crippen LogP contribution >= 0.6 is 11.6 Å². The summed E-state index contributed by atoms with van der Waals surface area (Å²) in [6.45, 7) is 7.47. The molecule has 3 rings (SSSR count). The largest absolute Gasteiger partial charge is 0.360 e. The quantitative estimate of drug-likeness (QED) is 0.433. The molecule has 0 saturated carbocycles. The zero-order chi connectivity index (χ0) is 21.3. The predicted octanol–water partition coefficient (Wildman–Crippen LogP) is 5.76. The number of carbonyl (C=O) groups is 1. The summed E-state index contributed by atoms with van der Waals surface area (Å²) in [5.74, 6) is -0.281. The Hall–Kier alpha value is -3.19. The molecule has 2 aromatic carbocycles. The molecule has 0 bridgehead atoms. The Balaban J connectivity index is 2.01. The standard InChI is InChI=1S/C21H20ClN3O4/c1-12-18(19(24-29-12)14-7-5-6-8-15(14)22)20(26)23-16-10-9-13(21(2,3)4)11-17(16)25(27)28/h5-11H,1-4H3,(H,23,26). The molecule has 7 nitrogen and oxygen atoms in total. The molecule has 0 aliphatic rings. The van der Waals surface area contributed by atoms with Crippen LogP contribution in [0.25, 0.3) is 11.3 Å². The molecule has 0 unspecified atom stereocenters. The lowest BCUT2D eigenvalue weighted by molar-refractivity contribution is -0.384. The topological polar surface area (TPSA) is 98.3 Å². The summed E-state index contributed by atoms with van der Waals surface area (Å²) < 4.78 is 5.20. The van der Waals surface area contributed by atoms with Crippen molar-refractivity contribution in [2.24, 2.45) is 0 Å². The van der Waals surface area contributed by atoms with Crippen LogP contribution in [0.3, 0.4) is 0 Å². The highest BCUT2D eigenvalue weighted by atomic mass is 35.5. The minimum Gasteiger partial charge on any atom is -0.360 e. The maximum Gasteiger partial charge on any atom is 0.293 e. The second kappa shape index (κ2) is 7.67. The van der Waals surface area contributed by atoms with Crippen molar-refractivity contribution in [1.82, 2.24) is 5.16 Å². The third kappa shape index (κ3) is 4.14. The van der Waals surface area contributed by atoms with Gasteiger partial charge < -0.3 is 9.84 Å². The second-order valence-corrected chi connectivity index (χ2v) is 8.04. The van der Waals surface area contributed by atoms with E-state index >= 15 is 0 Å². The zero-order valence-electron chi connectivity index (χ0n) is 16.4. The molecule has 1 amide bonds. The number of nitrogens with one attached hydrogen (secondary N) is 1. The van der Waals surface area contributed by atoms with Gasteiger partial charge in [-0.3, -0.25) is 14.9 Å². The first kappa shape index (κ1) is 20.5. The normalized spacial score (nSPS) is 11.3. The lowest BCUT2D eigenvalue weighted by atomic mass is 9.86. The van der Waals surface area contributed by atoms with E-state index in [9.17, 15) is 14.9 Å². The highest BCUT2D eigenvalue weighted by molar-refractivity contribution is 6.33. The SMILES string of the molecule is Cc1onc(-c2ccccc2Cl)c1C(=O)Nc1ccc(C(C)(C)C)cc1[N+](=O)[O-]. The van der Waals surface area contributed by atoms with Crippen molar-refractivity contribution in [3.05, 3.63) is 74.5 Å². The number of nitro benzene ring substituents is 1. The number of anilines is 1. The van der Waals surface area contributed by atoms with Crippen molar-refractivity contribution < 1.29 is 14.2 Å². The lowest BCUT2D eigenvalue weighted by Crippen LogP contribution is -2.16.